The van der Waals surface area contributed by atoms with Crippen LogP contribution in [0.15, 0.2) is 67.0 Å². The molecule has 0 aliphatic carbocycles. The number of benzene rings is 2. The zero-order valence-electron chi connectivity index (χ0n) is 11.2. The topological polar surface area (TPSA) is 61.0 Å². The van der Waals surface area contributed by atoms with Crippen LogP contribution in [0.5, 0.6) is 0 Å². The van der Waals surface area contributed by atoms with Gasteiger partial charge in [0.05, 0.1) is 23.2 Å². The van der Waals surface area contributed by atoms with Crippen LogP contribution < -0.4 is 0 Å². The van der Waals surface area contributed by atoms with Crippen molar-refractivity contribution in [3.05, 3.63) is 82.7 Å². The van der Waals surface area contributed by atoms with Crippen LogP contribution in [0.25, 0.3) is 11.1 Å². The Balaban J connectivity index is 1.90. The van der Waals surface area contributed by atoms with E-state index in [1.807, 2.05) is 36.5 Å². The standard InChI is InChI=1S/C16H13N3O2/c20-19(21)16-9-5-4-8-15(16)14-10-17-18(12-14)11-13-6-2-1-3-7-13/h1-10,12H,11H2. The molecule has 3 aromatic rings. The van der Waals surface area contributed by atoms with Gasteiger partial charge in [0.2, 0.25) is 0 Å². The van der Waals surface area contributed by atoms with Gasteiger partial charge in [-0.1, -0.05) is 42.5 Å². The molecule has 2 aromatic carbocycles. The fourth-order valence-electron chi connectivity index (χ4n) is 2.24. The maximum atomic E-state index is 11.1. The van der Waals surface area contributed by atoms with Crippen LogP contribution in [-0.2, 0) is 6.54 Å². The van der Waals surface area contributed by atoms with Gasteiger partial charge >= 0.3 is 0 Å². The molecule has 0 spiro atoms. The van der Waals surface area contributed by atoms with E-state index in [1.54, 1.807) is 29.1 Å². The molecule has 5 nitrogen and oxygen atoms in total. The first-order valence-electron chi connectivity index (χ1n) is 6.54. The Morgan fingerprint density at radius 3 is 2.52 bits per heavy atom. The van der Waals surface area contributed by atoms with Crippen molar-refractivity contribution < 1.29 is 4.92 Å². The number of nitrogens with zero attached hydrogens (tertiary/aromatic N) is 3. The fourth-order valence-corrected chi connectivity index (χ4v) is 2.24. The summed E-state index contributed by atoms with van der Waals surface area (Å²) in [5.41, 5.74) is 2.56. The summed E-state index contributed by atoms with van der Waals surface area (Å²) < 4.78 is 1.78. The summed E-state index contributed by atoms with van der Waals surface area (Å²) in [5.74, 6) is 0. The highest BCUT2D eigenvalue weighted by atomic mass is 16.6. The molecule has 0 fully saturated rings. The first kappa shape index (κ1) is 13.1. The van der Waals surface area contributed by atoms with Gasteiger partial charge in [-0.3, -0.25) is 14.8 Å². The lowest BCUT2D eigenvalue weighted by molar-refractivity contribution is -0.384. The summed E-state index contributed by atoms with van der Waals surface area (Å²) in [7, 11) is 0. The predicted octanol–water partition coefficient (Wildman–Crippen LogP) is 3.51. The minimum atomic E-state index is -0.371. The monoisotopic (exact) mass is 279 g/mol. The third-order valence-electron chi connectivity index (χ3n) is 3.23. The summed E-state index contributed by atoms with van der Waals surface area (Å²) in [6.07, 6.45) is 3.49. The Morgan fingerprint density at radius 1 is 1.05 bits per heavy atom. The maximum Gasteiger partial charge on any atom is 0.277 e. The third-order valence-corrected chi connectivity index (χ3v) is 3.23. The lowest BCUT2D eigenvalue weighted by Crippen LogP contribution is -1.99. The molecule has 3 rings (SSSR count). The van der Waals surface area contributed by atoms with Crippen molar-refractivity contribution in [3.63, 3.8) is 0 Å². The van der Waals surface area contributed by atoms with Crippen molar-refractivity contribution in [1.82, 2.24) is 9.78 Å². The van der Waals surface area contributed by atoms with Crippen molar-refractivity contribution in [2.75, 3.05) is 0 Å². The molecule has 0 amide bonds. The first-order chi connectivity index (χ1) is 10.2. The SMILES string of the molecule is O=[N+]([O-])c1ccccc1-c1cnn(Cc2ccccc2)c1. The normalized spacial score (nSPS) is 10.5. The second kappa shape index (κ2) is 5.58. The Bertz CT molecular complexity index is 766. The molecule has 1 heterocycles. The highest BCUT2D eigenvalue weighted by molar-refractivity contribution is 5.72. The Hall–Kier alpha value is -2.95. The maximum absolute atomic E-state index is 11.1. The van der Waals surface area contributed by atoms with Gasteiger partial charge in [-0.2, -0.15) is 5.10 Å². The van der Waals surface area contributed by atoms with Crippen molar-refractivity contribution >= 4 is 5.69 Å². The van der Waals surface area contributed by atoms with Gasteiger partial charge in [-0.15, -0.1) is 0 Å². The quantitative estimate of drug-likeness (QED) is 0.542. The third kappa shape index (κ3) is 2.81. The van der Waals surface area contributed by atoms with Crippen LogP contribution in [-0.4, -0.2) is 14.7 Å². The largest absolute Gasteiger partial charge is 0.277 e. The van der Waals surface area contributed by atoms with E-state index in [4.69, 9.17) is 0 Å². The van der Waals surface area contributed by atoms with Crippen molar-refractivity contribution in [2.45, 2.75) is 6.54 Å². The molecule has 0 aliphatic rings. The molecule has 0 N–H and O–H groups in total. The fraction of sp³-hybridized carbons (Fsp3) is 0.0625. The zero-order chi connectivity index (χ0) is 14.7. The lowest BCUT2D eigenvalue weighted by Gasteiger charge is -2.01. The summed E-state index contributed by atoms with van der Waals surface area (Å²) in [6, 6.07) is 16.6. The van der Waals surface area contributed by atoms with E-state index in [1.165, 1.54) is 6.07 Å². The molecule has 0 bridgehead atoms. The molecule has 104 valence electrons. The first-order valence-corrected chi connectivity index (χ1v) is 6.54. The van der Waals surface area contributed by atoms with Crippen LogP contribution in [0, 0.1) is 10.1 Å². The summed E-state index contributed by atoms with van der Waals surface area (Å²) >= 11 is 0. The van der Waals surface area contributed by atoms with Gasteiger partial charge in [0.1, 0.15) is 0 Å². The number of hydrogen-bond donors (Lipinski definition) is 0. The van der Waals surface area contributed by atoms with Gasteiger partial charge in [0.15, 0.2) is 0 Å². The Kier molecular flexibility index (Phi) is 3.47. The van der Waals surface area contributed by atoms with Crippen molar-refractivity contribution in [2.24, 2.45) is 0 Å². The number of rotatable bonds is 4. The van der Waals surface area contributed by atoms with Crippen molar-refractivity contribution in [3.8, 4) is 11.1 Å². The van der Waals surface area contributed by atoms with Gasteiger partial charge < -0.3 is 0 Å². The molecular weight excluding hydrogens is 266 g/mol. The van der Waals surface area contributed by atoms with Crippen LogP contribution in [0.4, 0.5) is 5.69 Å². The van der Waals surface area contributed by atoms with E-state index in [0.717, 1.165) is 11.1 Å². The van der Waals surface area contributed by atoms with E-state index in [2.05, 4.69) is 5.10 Å². The highest BCUT2D eigenvalue weighted by Crippen LogP contribution is 2.28. The number of nitro groups is 1. The van der Waals surface area contributed by atoms with Gasteiger partial charge in [-0.25, -0.2) is 0 Å². The van der Waals surface area contributed by atoms with Crippen LogP contribution >= 0.6 is 0 Å². The molecular formula is C16H13N3O2. The average molecular weight is 279 g/mol. The smallest absolute Gasteiger partial charge is 0.268 e. The minimum absolute atomic E-state index is 0.0942. The van der Waals surface area contributed by atoms with Crippen LogP contribution in [0.1, 0.15) is 5.56 Å². The average Bonchev–Trinajstić information content (AvgIpc) is 2.96. The predicted molar refractivity (Wildman–Crippen MR) is 79.9 cm³/mol. The van der Waals surface area contributed by atoms with Crippen LogP contribution in [0.3, 0.4) is 0 Å². The van der Waals surface area contributed by atoms with E-state index < -0.39 is 0 Å². The Labute approximate surface area is 121 Å². The number of hydrogen-bond acceptors (Lipinski definition) is 3. The molecule has 0 aliphatic heterocycles. The molecule has 0 atom stereocenters. The van der Waals surface area contributed by atoms with Crippen LogP contribution in [0.2, 0.25) is 0 Å². The summed E-state index contributed by atoms with van der Waals surface area (Å²) in [6.45, 7) is 0.640. The van der Waals surface area contributed by atoms with E-state index in [-0.39, 0.29) is 10.6 Å². The van der Waals surface area contributed by atoms with Gasteiger partial charge in [-0.05, 0) is 11.6 Å². The molecule has 1 aromatic heterocycles. The number of aromatic nitrogens is 2. The number of nitro benzene ring substituents is 1. The molecule has 21 heavy (non-hydrogen) atoms. The molecule has 5 heteroatoms. The Morgan fingerprint density at radius 2 is 1.76 bits per heavy atom. The van der Waals surface area contributed by atoms with E-state index in [9.17, 15) is 10.1 Å². The second-order valence-corrected chi connectivity index (χ2v) is 4.69. The molecule has 0 saturated carbocycles. The zero-order valence-corrected chi connectivity index (χ0v) is 11.2. The minimum Gasteiger partial charge on any atom is -0.268 e. The van der Waals surface area contributed by atoms with E-state index >= 15 is 0 Å². The highest BCUT2D eigenvalue weighted by Gasteiger charge is 2.15. The summed E-state index contributed by atoms with van der Waals surface area (Å²) in [4.78, 5) is 10.7. The second-order valence-electron chi connectivity index (χ2n) is 4.69. The molecule has 0 saturated heterocycles. The van der Waals surface area contributed by atoms with Gasteiger partial charge in [0, 0.05) is 17.8 Å². The van der Waals surface area contributed by atoms with E-state index in [0.29, 0.717) is 12.1 Å². The molecule has 0 unspecified atom stereocenters. The summed E-state index contributed by atoms with van der Waals surface area (Å²) in [5, 5.41) is 15.4. The lowest BCUT2D eigenvalue weighted by atomic mass is 10.1. The van der Waals surface area contributed by atoms with Gasteiger partial charge in [0.25, 0.3) is 5.69 Å². The van der Waals surface area contributed by atoms with Crippen molar-refractivity contribution in [1.29, 1.82) is 0 Å². The number of para-hydroxylation sites is 1. The molecule has 0 radical (unpaired) electrons.